The lowest BCUT2D eigenvalue weighted by molar-refractivity contribution is -0.130. The number of aliphatic hydroxyl groups excluding tert-OH is 1. The number of benzene rings is 3. The molecule has 1 atom stereocenters. The van der Waals surface area contributed by atoms with Crippen LogP contribution in [0, 0.1) is 6.92 Å². The summed E-state index contributed by atoms with van der Waals surface area (Å²) in [6.07, 6.45) is 2.04. The van der Waals surface area contributed by atoms with Gasteiger partial charge in [-0.05, 0) is 54.1 Å². The number of aryl methyl sites for hydroxylation is 1. The average molecular weight is 480 g/mol. The van der Waals surface area contributed by atoms with E-state index in [0.717, 1.165) is 26.7 Å². The van der Waals surface area contributed by atoms with E-state index in [9.17, 15) is 9.90 Å². The van der Waals surface area contributed by atoms with Gasteiger partial charge in [-0.1, -0.05) is 70.0 Å². The molecule has 30 heavy (non-hydrogen) atoms. The molecule has 0 radical (unpaired) electrons. The van der Waals surface area contributed by atoms with Gasteiger partial charge in [0, 0.05) is 21.5 Å². The molecule has 1 aliphatic heterocycles. The topological polar surface area (TPSA) is 40.5 Å². The highest BCUT2D eigenvalue weighted by Gasteiger charge is 2.41. The normalized spacial score (nSPS) is 16.4. The maximum Gasteiger partial charge on any atom is 0.290 e. The van der Waals surface area contributed by atoms with Crippen LogP contribution in [-0.4, -0.2) is 22.2 Å². The highest BCUT2D eigenvalue weighted by Crippen LogP contribution is 2.44. The lowest BCUT2D eigenvalue weighted by Gasteiger charge is -2.28. The van der Waals surface area contributed by atoms with Crippen molar-refractivity contribution in [1.82, 2.24) is 4.90 Å². The Balaban J connectivity index is 1.78. The molecular weight excluding hydrogens is 458 g/mol. The standard InChI is InChI=1S/C25H22BrNO2S/c1-16-6-10-18(11-7-16)22-23(19-4-3-5-20(26)14-19)27(25(29)24(22)28)15-17-8-12-21(30-2)13-9-17/h3-14,23,28H,15H2,1-2H3/t23-/m1/s1. The fraction of sp³-hybridized carbons (Fsp3) is 0.160. The Morgan fingerprint density at radius 3 is 2.37 bits per heavy atom. The Hall–Kier alpha value is -2.50. The van der Waals surface area contributed by atoms with Gasteiger partial charge in [-0.15, -0.1) is 11.8 Å². The number of carbonyl (C=O) groups is 1. The van der Waals surface area contributed by atoms with Gasteiger partial charge in [-0.25, -0.2) is 0 Å². The summed E-state index contributed by atoms with van der Waals surface area (Å²) in [7, 11) is 0. The quantitative estimate of drug-likeness (QED) is 0.422. The molecule has 0 spiro atoms. The second kappa shape index (κ2) is 8.70. The van der Waals surface area contributed by atoms with Crippen LogP contribution in [0.1, 0.15) is 28.3 Å². The van der Waals surface area contributed by atoms with Gasteiger partial charge in [-0.2, -0.15) is 0 Å². The van der Waals surface area contributed by atoms with Crippen LogP contribution in [-0.2, 0) is 11.3 Å². The highest BCUT2D eigenvalue weighted by atomic mass is 79.9. The first kappa shape index (κ1) is 20.8. The van der Waals surface area contributed by atoms with Crippen molar-refractivity contribution >= 4 is 39.2 Å². The molecule has 0 aliphatic carbocycles. The van der Waals surface area contributed by atoms with Gasteiger partial charge in [0.1, 0.15) is 0 Å². The zero-order chi connectivity index (χ0) is 21.3. The number of aliphatic hydroxyl groups is 1. The van der Waals surface area contributed by atoms with Crippen molar-refractivity contribution < 1.29 is 9.90 Å². The lowest BCUT2D eigenvalue weighted by Crippen LogP contribution is -2.29. The lowest BCUT2D eigenvalue weighted by atomic mass is 9.93. The number of hydrogen-bond donors (Lipinski definition) is 1. The van der Waals surface area contributed by atoms with E-state index in [-0.39, 0.29) is 17.7 Å². The van der Waals surface area contributed by atoms with Gasteiger partial charge in [0.25, 0.3) is 5.91 Å². The fourth-order valence-electron chi connectivity index (χ4n) is 3.80. The van der Waals surface area contributed by atoms with Gasteiger partial charge in [-0.3, -0.25) is 4.79 Å². The molecule has 3 nitrogen and oxygen atoms in total. The molecule has 1 aliphatic rings. The van der Waals surface area contributed by atoms with E-state index in [1.807, 2.05) is 73.8 Å². The van der Waals surface area contributed by atoms with E-state index in [4.69, 9.17) is 0 Å². The summed E-state index contributed by atoms with van der Waals surface area (Å²) in [6, 6.07) is 23.7. The fourth-order valence-corrected chi connectivity index (χ4v) is 4.62. The van der Waals surface area contributed by atoms with Crippen LogP contribution in [0.25, 0.3) is 5.57 Å². The first-order valence-electron chi connectivity index (χ1n) is 9.67. The first-order valence-corrected chi connectivity index (χ1v) is 11.7. The average Bonchev–Trinajstić information content (AvgIpc) is 3.00. The zero-order valence-corrected chi connectivity index (χ0v) is 19.2. The summed E-state index contributed by atoms with van der Waals surface area (Å²) in [5.41, 5.74) is 4.63. The van der Waals surface area contributed by atoms with E-state index >= 15 is 0 Å². The van der Waals surface area contributed by atoms with E-state index < -0.39 is 0 Å². The van der Waals surface area contributed by atoms with E-state index in [1.165, 1.54) is 4.90 Å². The number of amides is 1. The molecule has 5 heteroatoms. The third kappa shape index (κ3) is 4.05. The van der Waals surface area contributed by atoms with Crippen molar-refractivity contribution in [2.45, 2.75) is 24.4 Å². The van der Waals surface area contributed by atoms with Gasteiger partial charge in [0.2, 0.25) is 0 Å². The molecule has 152 valence electrons. The molecule has 0 aromatic heterocycles. The molecule has 1 N–H and O–H groups in total. The van der Waals surface area contributed by atoms with Crippen molar-refractivity contribution in [1.29, 1.82) is 0 Å². The number of rotatable bonds is 5. The number of hydrogen-bond acceptors (Lipinski definition) is 3. The Kier molecular flexibility index (Phi) is 6.02. The number of halogens is 1. The molecule has 1 heterocycles. The van der Waals surface area contributed by atoms with Gasteiger partial charge in [0.05, 0.1) is 6.04 Å². The number of carbonyl (C=O) groups excluding carboxylic acids is 1. The van der Waals surface area contributed by atoms with Crippen LogP contribution in [0.3, 0.4) is 0 Å². The van der Waals surface area contributed by atoms with Crippen LogP contribution in [0.15, 0.2) is 87.9 Å². The zero-order valence-electron chi connectivity index (χ0n) is 16.8. The molecule has 3 aromatic carbocycles. The summed E-state index contributed by atoms with van der Waals surface area (Å²) in [5.74, 6) is -0.519. The number of nitrogens with zero attached hydrogens (tertiary/aromatic N) is 1. The molecule has 0 fully saturated rings. The molecule has 0 unspecified atom stereocenters. The van der Waals surface area contributed by atoms with Crippen LogP contribution in [0.4, 0.5) is 0 Å². The summed E-state index contributed by atoms with van der Waals surface area (Å²) in [5, 5.41) is 10.9. The van der Waals surface area contributed by atoms with E-state index in [0.29, 0.717) is 12.1 Å². The Morgan fingerprint density at radius 2 is 1.73 bits per heavy atom. The van der Waals surface area contributed by atoms with Crippen LogP contribution in [0.2, 0.25) is 0 Å². The maximum absolute atomic E-state index is 13.2. The van der Waals surface area contributed by atoms with E-state index in [2.05, 4.69) is 28.1 Å². The van der Waals surface area contributed by atoms with Gasteiger partial charge >= 0.3 is 0 Å². The molecule has 3 aromatic rings. The van der Waals surface area contributed by atoms with Crippen LogP contribution in [0.5, 0.6) is 0 Å². The molecule has 1 amide bonds. The first-order chi connectivity index (χ1) is 14.5. The third-order valence-electron chi connectivity index (χ3n) is 5.34. The number of thioether (sulfide) groups is 1. The van der Waals surface area contributed by atoms with Crippen molar-refractivity contribution in [2.75, 3.05) is 6.26 Å². The largest absolute Gasteiger partial charge is 0.503 e. The van der Waals surface area contributed by atoms with Gasteiger partial charge < -0.3 is 10.0 Å². The molecule has 0 saturated carbocycles. The molecular formula is C25H22BrNO2S. The Bertz CT molecular complexity index is 1110. The minimum Gasteiger partial charge on any atom is -0.503 e. The monoisotopic (exact) mass is 479 g/mol. The predicted octanol–water partition coefficient (Wildman–Crippen LogP) is 6.53. The molecule has 0 saturated heterocycles. The van der Waals surface area contributed by atoms with Crippen molar-refractivity contribution in [3.63, 3.8) is 0 Å². The third-order valence-corrected chi connectivity index (χ3v) is 6.58. The van der Waals surface area contributed by atoms with Gasteiger partial charge in [0.15, 0.2) is 5.76 Å². The minimum absolute atomic E-state index is 0.176. The SMILES string of the molecule is CSc1ccc(CN2C(=O)C(O)=C(c3ccc(C)cc3)[C@H]2c2cccc(Br)c2)cc1. The summed E-state index contributed by atoms with van der Waals surface area (Å²) < 4.78 is 0.936. The highest BCUT2D eigenvalue weighted by molar-refractivity contribution is 9.10. The summed E-state index contributed by atoms with van der Waals surface area (Å²) in [6.45, 7) is 2.44. The Labute approximate surface area is 189 Å². The van der Waals surface area contributed by atoms with Crippen LogP contribution < -0.4 is 0 Å². The summed E-state index contributed by atoms with van der Waals surface area (Å²) in [4.78, 5) is 16.1. The minimum atomic E-state index is -0.363. The second-order valence-electron chi connectivity index (χ2n) is 7.37. The van der Waals surface area contributed by atoms with Crippen molar-refractivity contribution in [3.8, 4) is 0 Å². The van der Waals surface area contributed by atoms with Crippen LogP contribution >= 0.6 is 27.7 Å². The smallest absolute Gasteiger partial charge is 0.290 e. The second-order valence-corrected chi connectivity index (χ2v) is 9.16. The maximum atomic E-state index is 13.2. The Morgan fingerprint density at radius 1 is 1.03 bits per heavy atom. The van der Waals surface area contributed by atoms with Crippen molar-refractivity contribution in [2.24, 2.45) is 0 Å². The molecule has 0 bridgehead atoms. The van der Waals surface area contributed by atoms with Crippen molar-refractivity contribution in [3.05, 3.63) is 105 Å². The predicted molar refractivity (Wildman–Crippen MR) is 126 cm³/mol. The van der Waals surface area contributed by atoms with E-state index in [1.54, 1.807) is 16.7 Å². The molecule has 4 rings (SSSR count). The summed E-state index contributed by atoms with van der Waals surface area (Å²) >= 11 is 5.23.